The van der Waals surface area contributed by atoms with Crippen LogP contribution in [-0.4, -0.2) is 59.4 Å². The normalized spacial score (nSPS) is 16.3. The molecule has 0 bridgehead atoms. The molecular weight excluding hydrogens is 260 g/mol. The van der Waals surface area contributed by atoms with Gasteiger partial charge in [0.15, 0.2) is 0 Å². The van der Waals surface area contributed by atoms with Crippen LogP contribution in [0.4, 0.5) is 0 Å². The Labute approximate surface area is 119 Å². The molecule has 0 unspecified atom stereocenters. The molecule has 2 amide bonds. The average molecular weight is 284 g/mol. The van der Waals surface area contributed by atoms with E-state index in [9.17, 15) is 14.4 Å². The monoisotopic (exact) mass is 284 g/mol. The summed E-state index contributed by atoms with van der Waals surface area (Å²) in [5, 5.41) is 8.91. The first-order valence-electron chi connectivity index (χ1n) is 7.05. The van der Waals surface area contributed by atoms with Crippen LogP contribution in [0, 0.1) is 11.8 Å². The molecule has 0 saturated carbocycles. The third-order valence-electron chi connectivity index (χ3n) is 3.58. The van der Waals surface area contributed by atoms with E-state index in [1.54, 1.807) is 11.9 Å². The number of likely N-dealkylation sites (N-methyl/N-ethyl adjacent to an activating group) is 1. The van der Waals surface area contributed by atoms with Gasteiger partial charge >= 0.3 is 5.97 Å². The Balaban J connectivity index is 2.40. The first-order chi connectivity index (χ1) is 9.31. The second kappa shape index (κ2) is 7.26. The zero-order chi connectivity index (χ0) is 15.3. The highest BCUT2D eigenvalue weighted by Gasteiger charge is 2.27. The van der Waals surface area contributed by atoms with Crippen LogP contribution >= 0.6 is 0 Å². The summed E-state index contributed by atoms with van der Waals surface area (Å²) in [5.41, 5.74) is 0. The number of hydrogen-bond acceptors (Lipinski definition) is 3. The van der Waals surface area contributed by atoms with E-state index in [2.05, 4.69) is 0 Å². The lowest BCUT2D eigenvalue weighted by Gasteiger charge is -2.31. The van der Waals surface area contributed by atoms with Crippen LogP contribution in [0.1, 0.15) is 33.1 Å². The van der Waals surface area contributed by atoms with Crippen molar-refractivity contribution in [3.63, 3.8) is 0 Å². The maximum Gasteiger partial charge on any atom is 0.306 e. The van der Waals surface area contributed by atoms with Crippen molar-refractivity contribution in [1.82, 2.24) is 9.80 Å². The summed E-state index contributed by atoms with van der Waals surface area (Å²) in [6.07, 6.45) is 1.42. The molecule has 0 aromatic rings. The molecule has 6 nitrogen and oxygen atoms in total. The van der Waals surface area contributed by atoms with Crippen molar-refractivity contribution in [2.24, 2.45) is 11.8 Å². The maximum absolute atomic E-state index is 12.1. The van der Waals surface area contributed by atoms with Gasteiger partial charge in [-0.3, -0.25) is 14.4 Å². The minimum absolute atomic E-state index is 0.0335. The van der Waals surface area contributed by atoms with Crippen LogP contribution in [-0.2, 0) is 14.4 Å². The van der Waals surface area contributed by atoms with Crippen molar-refractivity contribution in [3.05, 3.63) is 0 Å². The minimum atomic E-state index is -0.790. The lowest BCUT2D eigenvalue weighted by molar-refractivity contribution is -0.146. The van der Waals surface area contributed by atoms with Gasteiger partial charge in [-0.1, -0.05) is 13.8 Å². The minimum Gasteiger partial charge on any atom is -0.481 e. The molecule has 0 aliphatic carbocycles. The number of hydrogen-bond donors (Lipinski definition) is 1. The third kappa shape index (κ3) is 4.83. The van der Waals surface area contributed by atoms with Crippen LogP contribution in [0.15, 0.2) is 0 Å². The molecule has 114 valence electrons. The van der Waals surface area contributed by atoms with E-state index in [1.165, 1.54) is 4.90 Å². The Kier molecular flexibility index (Phi) is 5.98. The van der Waals surface area contributed by atoms with E-state index in [4.69, 9.17) is 5.11 Å². The molecule has 0 radical (unpaired) electrons. The number of carboxylic acids is 1. The van der Waals surface area contributed by atoms with Gasteiger partial charge in [0.25, 0.3) is 0 Å². The number of carbonyl (C=O) groups is 3. The van der Waals surface area contributed by atoms with Crippen LogP contribution in [0.3, 0.4) is 0 Å². The summed E-state index contributed by atoms with van der Waals surface area (Å²) in [5.74, 6) is -1.01. The fraction of sp³-hybridized carbons (Fsp3) is 0.786. The van der Waals surface area contributed by atoms with E-state index in [0.29, 0.717) is 32.4 Å². The number of aliphatic carboxylic acids is 1. The van der Waals surface area contributed by atoms with Crippen molar-refractivity contribution in [2.75, 3.05) is 26.7 Å². The smallest absolute Gasteiger partial charge is 0.306 e. The van der Waals surface area contributed by atoms with E-state index in [0.717, 1.165) is 0 Å². The molecule has 0 aromatic heterocycles. The van der Waals surface area contributed by atoms with Gasteiger partial charge in [-0.25, -0.2) is 0 Å². The first-order valence-corrected chi connectivity index (χ1v) is 7.05. The third-order valence-corrected chi connectivity index (χ3v) is 3.58. The largest absolute Gasteiger partial charge is 0.481 e. The van der Waals surface area contributed by atoms with Crippen LogP contribution < -0.4 is 0 Å². The number of rotatable bonds is 5. The zero-order valence-electron chi connectivity index (χ0n) is 12.5. The highest BCUT2D eigenvalue weighted by Crippen LogP contribution is 2.17. The lowest BCUT2D eigenvalue weighted by Crippen LogP contribution is -2.45. The summed E-state index contributed by atoms with van der Waals surface area (Å²) in [6, 6.07) is 0. The molecule has 0 spiro atoms. The predicted octanol–water partition coefficient (Wildman–Crippen LogP) is 0.814. The van der Waals surface area contributed by atoms with E-state index < -0.39 is 5.97 Å². The van der Waals surface area contributed by atoms with Gasteiger partial charge in [0.05, 0.1) is 12.5 Å². The van der Waals surface area contributed by atoms with Gasteiger partial charge in [-0.05, 0) is 18.8 Å². The fourth-order valence-electron chi connectivity index (χ4n) is 2.27. The van der Waals surface area contributed by atoms with Gasteiger partial charge in [0.2, 0.25) is 11.8 Å². The molecule has 1 fully saturated rings. The quantitative estimate of drug-likeness (QED) is 0.810. The summed E-state index contributed by atoms with van der Waals surface area (Å²) in [4.78, 5) is 37.8. The molecule has 0 aromatic carbocycles. The molecule has 1 saturated heterocycles. The molecule has 6 heteroatoms. The molecule has 1 N–H and O–H groups in total. The van der Waals surface area contributed by atoms with Crippen molar-refractivity contribution in [2.45, 2.75) is 33.1 Å². The highest BCUT2D eigenvalue weighted by atomic mass is 16.4. The van der Waals surface area contributed by atoms with E-state index in [1.807, 2.05) is 13.8 Å². The Morgan fingerprint density at radius 1 is 1.25 bits per heavy atom. The zero-order valence-corrected chi connectivity index (χ0v) is 12.5. The molecule has 0 atom stereocenters. The van der Waals surface area contributed by atoms with Crippen LogP contribution in [0.5, 0.6) is 0 Å². The van der Waals surface area contributed by atoms with Crippen LogP contribution in [0.25, 0.3) is 0 Å². The van der Waals surface area contributed by atoms with Crippen molar-refractivity contribution in [3.8, 4) is 0 Å². The molecule has 1 rings (SSSR count). The first kappa shape index (κ1) is 16.5. The Hall–Kier alpha value is -1.59. The summed E-state index contributed by atoms with van der Waals surface area (Å²) in [7, 11) is 1.63. The average Bonchev–Trinajstić information content (AvgIpc) is 2.37. The summed E-state index contributed by atoms with van der Waals surface area (Å²) in [6.45, 7) is 4.92. The molecule has 1 aliphatic rings. The number of likely N-dealkylation sites (tertiary alicyclic amines) is 1. The number of piperidine rings is 1. The highest BCUT2D eigenvalue weighted by molar-refractivity contribution is 5.85. The van der Waals surface area contributed by atoms with Crippen molar-refractivity contribution in [1.29, 1.82) is 0 Å². The molecule has 20 heavy (non-hydrogen) atoms. The van der Waals surface area contributed by atoms with Gasteiger partial charge in [-0.15, -0.1) is 0 Å². The van der Waals surface area contributed by atoms with Gasteiger partial charge in [0.1, 0.15) is 0 Å². The van der Waals surface area contributed by atoms with Gasteiger partial charge < -0.3 is 14.9 Å². The van der Waals surface area contributed by atoms with Gasteiger partial charge in [0, 0.05) is 26.6 Å². The predicted molar refractivity (Wildman–Crippen MR) is 74.0 cm³/mol. The SMILES string of the molecule is CC(C)CC(=O)N(C)CC(=O)N1CCC(C(=O)O)CC1. The van der Waals surface area contributed by atoms with Crippen molar-refractivity contribution >= 4 is 17.8 Å². The van der Waals surface area contributed by atoms with E-state index in [-0.39, 0.29) is 30.2 Å². The fourth-order valence-corrected chi connectivity index (χ4v) is 2.27. The number of nitrogens with zero attached hydrogens (tertiary/aromatic N) is 2. The van der Waals surface area contributed by atoms with Crippen LogP contribution in [0.2, 0.25) is 0 Å². The molecule has 1 heterocycles. The molecule has 1 aliphatic heterocycles. The second-order valence-corrected chi connectivity index (χ2v) is 5.84. The molecular formula is C14H24N2O4. The Morgan fingerprint density at radius 2 is 1.80 bits per heavy atom. The lowest BCUT2D eigenvalue weighted by atomic mass is 9.97. The Morgan fingerprint density at radius 3 is 2.25 bits per heavy atom. The van der Waals surface area contributed by atoms with Gasteiger partial charge in [-0.2, -0.15) is 0 Å². The number of carboxylic acid groups (broad SMARTS) is 1. The maximum atomic E-state index is 12.1. The standard InChI is InChI=1S/C14H24N2O4/c1-10(2)8-12(17)15(3)9-13(18)16-6-4-11(5-7-16)14(19)20/h10-11H,4-9H2,1-3H3,(H,19,20). The van der Waals surface area contributed by atoms with E-state index >= 15 is 0 Å². The topological polar surface area (TPSA) is 77.9 Å². The van der Waals surface area contributed by atoms with Crippen molar-refractivity contribution < 1.29 is 19.5 Å². The summed E-state index contributed by atoms with van der Waals surface area (Å²) >= 11 is 0. The Bertz CT molecular complexity index is 373. The summed E-state index contributed by atoms with van der Waals surface area (Å²) < 4.78 is 0. The second-order valence-electron chi connectivity index (χ2n) is 5.84. The number of carbonyl (C=O) groups excluding carboxylic acids is 2. The number of amides is 2.